The molecule has 5 aromatic heterocycles. The van der Waals surface area contributed by atoms with Gasteiger partial charge in [0.2, 0.25) is 41.2 Å². The van der Waals surface area contributed by atoms with Gasteiger partial charge in [0.1, 0.15) is 43.4 Å². The number of hydrogen-bond acceptors (Lipinski definition) is 16. The van der Waals surface area contributed by atoms with Crippen LogP contribution in [0.4, 0.5) is 0 Å². The molecular weight excluding hydrogens is 660 g/mol. The summed E-state index contributed by atoms with van der Waals surface area (Å²) in [4.78, 5) is 52.1. The van der Waals surface area contributed by atoms with Crippen LogP contribution < -0.4 is 10.6 Å². The van der Waals surface area contributed by atoms with Crippen molar-refractivity contribution in [3.63, 3.8) is 0 Å². The Morgan fingerprint density at radius 2 is 1.27 bits per heavy atom. The molecule has 2 amide bonds. The van der Waals surface area contributed by atoms with E-state index in [1.807, 2.05) is 0 Å². The Bertz CT molecular complexity index is 2090. The summed E-state index contributed by atoms with van der Waals surface area (Å²) in [5.41, 5.74) is 0.768. The van der Waals surface area contributed by atoms with Gasteiger partial charge in [-0.2, -0.15) is 4.99 Å². The number of amides is 2. The van der Waals surface area contributed by atoms with E-state index in [9.17, 15) is 14.7 Å². The molecule has 8 rings (SSSR count). The number of carbonyl (C=O) groups excluding carboxylic acids is 2. The van der Waals surface area contributed by atoms with Crippen molar-refractivity contribution in [2.75, 3.05) is 13.2 Å². The van der Waals surface area contributed by atoms with E-state index in [2.05, 4.69) is 74.4 Å². The highest BCUT2D eigenvalue weighted by atomic mass is 28.4. The van der Waals surface area contributed by atoms with Gasteiger partial charge in [-0.05, 0) is 18.1 Å². The van der Waals surface area contributed by atoms with Crippen molar-refractivity contribution in [3.8, 4) is 34.8 Å². The van der Waals surface area contributed by atoms with Crippen LogP contribution in [-0.4, -0.2) is 69.3 Å². The van der Waals surface area contributed by atoms with Crippen LogP contribution in [0.2, 0.25) is 18.1 Å². The van der Waals surface area contributed by atoms with Crippen LogP contribution in [0, 0.1) is 0 Å². The minimum absolute atomic E-state index is 0.000936. The van der Waals surface area contributed by atoms with E-state index in [0.29, 0.717) is 0 Å². The summed E-state index contributed by atoms with van der Waals surface area (Å²) >= 11 is 0. The first-order valence-corrected chi connectivity index (χ1v) is 17.9. The van der Waals surface area contributed by atoms with Crippen LogP contribution in [0.3, 0.4) is 0 Å². The molecule has 0 unspecified atom stereocenters. The minimum Gasteiger partial charge on any atom is -0.446 e. The number of nitrogens with one attached hydrogen (secondary N) is 2. The first kappa shape index (κ1) is 31.9. The van der Waals surface area contributed by atoms with E-state index in [0.717, 1.165) is 6.08 Å². The smallest absolute Gasteiger partial charge is 0.273 e. The van der Waals surface area contributed by atoms with Gasteiger partial charge in [0.05, 0.1) is 19.3 Å². The summed E-state index contributed by atoms with van der Waals surface area (Å²) in [7, 11) is -2.26. The van der Waals surface area contributed by atoms with Crippen LogP contribution in [0.5, 0.6) is 0 Å². The van der Waals surface area contributed by atoms with Crippen molar-refractivity contribution in [2.24, 2.45) is 4.99 Å². The Labute approximate surface area is 277 Å². The molecule has 0 spiro atoms. The molecule has 3 aliphatic heterocycles. The van der Waals surface area contributed by atoms with Crippen molar-refractivity contribution in [3.05, 3.63) is 66.4 Å². The SMILES string of the molecule is CC(C)(C)[Si](C)(C)OC[C@H]1NC(=O)c2coc(n2)-c2coc(n2)-c2coc(n2)[C@H](CO)NC(=O)/C=C2/N=C(O2)c2coc(n2)-c2coc1n2. The van der Waals surface area contributed by atoms with Crippen molar-refractivity contribution < 1.29 is 45.9 Å². The molecular formula is C30H30N8O10Si. The first-order valence-electron chi connectivity index (χ1n) is 15.0. The third kappa shape index (κ3) is 6.33. The van der Waals surface area contributed by atoms with E-state index >= 15 is 0 Å². The normalized spacial score (nSPS) is 19.3. The maximum absolute atomic E-state index is 13.5. The lowest BCUT2D eigenvalue weighted by atomic mass is 10.2. The van der Waals surface area contributed by atoms with E-state index in [-0.39, 0.29) is 81.3 Å². The van der Waals surface area contributed by atoms with Crippen LogP contribution >= 0.6 is 0 Å². The van der Waals surface area contributed by atoms with Crippen molar-refractivity contribution in [1.29, 1.82) is 0 Å². The van der Waals surface area contributed by atoms with Gasteiger partial charge in [0, 0.05) is 0 Å². The number of aromatic nitrogens is 5. The van der Waals surface area contributed by atoms with Crippen LogP contribution in [0.25, 0.3) is 34.8 Å². The minimum atomic E-state index is -2.26. The molecule has 49 heavy (non-hydrogen) atoms. The number of ether oxygens (including phenoxy) is 1. The molecule has 0 radical (unpaired) electrons. The Hall–Kier alpha value is -5.66. The lowest BCUT2D eigenvalue weighted by Gasteiger charge is -2.37. The topological polar surface area (TPSA) is 239 Å². The fourth-order valence-electron chi connectivity index (χ4n) is 4.37. The van der Waals surface area contributed by atoms with Crippen molar-refractivity contribution >= 4 is 26.0 Å². The van der Waals surface area contributed by atoms with Crippen LogP contribution in [0.15, 0.2) is 70.4 Å². The van der Waals surface area contributed by atoms with Gasteiger partial charge in [-0.1, -0.05) is 20.8 Å². The van der Waals surface area contributed by atoms with E-state index in [1.54, 1.807) is 0 Å². The molecule has 0 saturated carbocycles. The number of nitrogens with zero attached hydrogens (tertiary/aromatic N) is 6. The number of rotatable bonds is 4. The Morgan fingerprint density at radius 1 is 0.755 bits per heavy atom. The maximum Gasteiger partial charge on any atom is 0.273 e. The summed E-state index contributed by atoms with van der Waals surface area (Å²) in [6.45, 7) is 10.0. The molecule has 12 bridgehead atoms. The number of hydrogen-bond donors (Lipinski definition) is 3. The number of carbonyl (C=O) groups is 2. The maximum atomic E-state index is 13.5. The van der Waals surface area contributed by atoms with Gasteiger partial charge in [-0.25, -0.2) is 24.9 Å². The zero-order valence-corrected chi connectivity index (χ0v) is 27.8. The van der Waals surface area contributed by atoms with E-state index in [1.165, 1.54) is 31.3 Å². The van der Waals surface area contributed by atoms with E-state index < -0.39 is 38.8 Å². The average Bonchev–Trinajstić information content (AvgIpc) is 3.87. The molecule has 0 aromatic carbocycles. The summed E-state index contributed by atoms with van der Waals surface area (Å²) < 4.78 is 39.9. The zero-order valence-electron chi connectivity index (χ0n) is 26.8. The molecule has 18 nitrogen and oxygen atoms in total. The number of aliphatic hydroxyl groups excluding tert-OH is 1. The van der Waals surface area contributed by atoms with E-state index in [4.69, 9.17) is 31.2 Å². The third-order valence-corrected chi connectivity index (χ3v) is 12.7. The van der Waals surface area contributed by atoms with Crippen molar-refractivity contribution in [2.45, 2.75) is 51.0 Å². The predicted molar refractivity (Wildman–Crippen MR) is 167 cm³/mol. The highest BCUT2D eigenvalue weighted by Gasteiger charge is 2.39. The molecule has 3 aliphatic rings. The molecule has 2 atom stereocenters. The van der Waals surface area contributed by atoms with Gasteiger partial charge in [0.25, 0.3) is 11.8 Å². The Kier molecular flexibility index (Phi) is 7.88. The molecule has 0 saturated heterocycles. The number of oxazole rings is 5. The Balaban J connectivity index is 1.23. The summed E-state index contributed by atoms with van der Waals surface area (Å²) in [6.07, 6.45) is 7.43. The first-order chi connectivity index (χ1) is 23.4. The second-order valence-electron chi connectivity index (χ2n) is 12.6. The third-order valence-electron chi connectivity index (χ3n) is 8.15. The molecule has 0 aliphatic carbocycles. The molecule has 8 heterocycles. The number of fused-ring (bicyclic) bond motifs is 5. The summed E-state index contributed by atoms with van der Waals surface area (Å²) in [5, 5.41) is 15.2. The molecule has 0 fully saturated rings. The predicted octanol–water partition coefficient (Wildman–Crippen LogP) is 3.90. The largest absolute Gasteiger partial charge is 0.446 e. The lowest BCUT2D eigenvalue weighted by molar-refractivity contribution is -0.117. The van der Waals surface area contributed by atoms with Gasteiger partial charge in [-0.15, -0.1) is 0 Å². The van der Waals surface area contributed by atoms with Gasteiger partial charge >= 0.3 is 0 Å². The molecule has 254 valence electrons. The van der Waals surface area contributed by atoms with Crippen LogP contribution in [0.1, 0.15) is 60.8 Å². The lowest BCUT2D eigenvalue weighted by Crippen LogP contribution is -2.43. The molecule has 5 aromatic rings. The monoisotopic (exact) mass is 690 g/mol. The standard InChI is InChI=1S/C30H30N8O10Si/c1-30(2,3)49(4,5)47-13-20-28-36-18(11-45-28)27-37-19(12-46-27)29-38-22(48-29)6-21(40)31-14(7-39)24-34-17(9-43-24)26-35-16(10-44-26)25-33-15(8-42-25)23(41)32-20/h6,8-12,14,20,39H,7,13H2,1-5H3,(H,31,40)(H,32,41)/b22-6-/t14-,20+/m0/s1. The highest BCUT2D eigenvalue weighted by Crippen LogP contribution is 2.37. The summed E-state index contributed by atoms with van der Waals surface area (Å²) in [5.74, 6) is -0.869. The molecule has 3 N–H and O–H groups in total. The fourth-order valence-corrected chi connectivity index (χ4v) is 5.39. The zero-order chi connectivity index (χ0) is 34.5. The molecule has 19 heteroatoms. The fraction of sp³-hybridized carbons (Fsp3) is 0.333. The van der Waals surface area contributed by atoms with Gasteiger partial charge < -0.3 is 47.0 Å². The summed E-state index contributed by atoms with van der Waals surface area (Å²) in [6, 6.07) is -1.85. The average molecular weight is 691 g/mol. The number of aliphatic hydroxyl groups is 1. The van der Waals surface area contributed by atoms with Gasteiger partial charge in [-0.3, -0.25) is 9.59 Å². The number of aliphatic imine (C=N–C) groups is 1. The van der Waals surface area contributed by atoms with Gasteiger partial charge in [0.15, 0.2) is 36.8 Å². The second-order valence-corrected chi connectivity index (χ2v) is 17.4. The highest BCUT2D eigenvalue weighted by molar-refractivity contribution is 6.74. The van der Waals surface area contributed by atoms with Crippen LogP contribution in [-0.2, 0) is 14.0 Å². The Morgan fingerprint density at radius 3 is 1.88 bits per heavy atom. The van der Waals surface area contributed by atoms with Crippen molar-refractivity contribution in [1.82, 2.24) is 35.6 Å². The second kappa shape index (κ2) is 12.1. The quantitative estimate of drug-likeness (QED) is 0.227.